The zero-order valence-corrected chi connectivity index (χ0v) is 8.44. The largest absolute Gasteiger partial charge is 0.392 e. The van der Waals surface area contributed by atoms with Gasteiger partial charge in [-0.25, -0.2) is 0 Å². The van der Waals surface area contributed by atoms with Gasteiger partial charge in [0.2, 0.25) is 0 Å². The molecule has 0 aliphatic carbocycles. The molecule has 2 heteroatoms. The summed E-state index contributed by atoms with van der Waals surface area (Å²) in [4.78, 5) is 0. The molecule has 0 bridgehead atoms. The average Bonchev–Trinajstić information content (AvgIpc) is 2.17. The fourth-order valence-corrected chi connectivity index (χ4v) is 1.12. The second-order valence-corrected chi connectivity index (χ2v) is 3.08. The number of aryl methyl sites for hydroxylation is 1. The van der Waals surface area contributed by atoms with Crippen LogP contribution in [-0.4, -0.2) is 10.9 Å². The number of thiol groups is 1. The smallest absolute Gasteiger partial charge is 0.0682 e. The van der Waals surface area contributed by atoms with E-state index in [0.29, 0.717) is 5.75 Å². The van der Waals surface area contributed by atoms with Crippen LogP contribution in [0.3, 0.4) is 0 Å². The van der Waals surface area contributed by atoms with Crippen molar-refractivity contribution >= 4 is 12.6 Å². The Hall–Kier alpha value is -0.910. The van der Waals surface area contributed by atoms with Gasteiger partial charge in [-0.05, 0) is 24.1 Å². The third-order valence-electron chi connectivity index (χ3n) is 1.79. The summed E-state index contributed by atoms with van der Waals surface area (Å²) >= 11 is 4.01. The molecule has 0 spiro atoms. The van der Waals surface area contributed by atoms with Crippen LogP contribution in [-0.2, 0) is 6.61 Å². The Kier molecular flexibility index (Phi) is 3.88. The highest BCUT2D eigenvalue weighted by atomic mass is 32.1. The van der Waals surface area contributed by atoms with Crippen molar-refractivity contribution in [1.29, 1.82) is 0 Å². The molecule has 13 heavy (non-hydrogen) atoms. The van der Waals surface area contributed by atoms with Gasteiger partial charge >= 0.3 is 0 Å². The fraction of sp³-hybridized carbons (Fsp3) is 0.273. The molecule has 0 saturated heterocycles. The predicted octanol–water partition coefficient (Wildman–Crippen LogP) is 1.77. The first kappa shape index (κ1) is 10.2. The van der Waals surface area contributed by atoms with Crippen LogP contribution in [0.2, 0.25) is 0 Å². The van der Waals surface area contributed by atoms with Gasteiger partial charge in [0, 0.05) is 5.56 Å². The van der Waals surface area contributed by atoms with E-state index in [0.717, 1.165) is 16.7 Å². The summed E-state index contributed by atoms with van der Waals surface area (Å²) in [5, 5.41) is 8.92. The topological polar surface area (TPSA) is 20.2 Å². The highest BCUT2D eigenvalue weighted by molar-refractivity contribution is 7.80. The molecule has 0 aliphatic heterocycles. The van der Waals surface area contributed by atoms with E-state index < -0.39 is 0 Å². The van der Waals surface area contributed by atoms with Gasteiger partial charge in [-0.2, -0.15) is 12.6 Å². The number of hydrogen-bond donors (Lipinski definition) is 2. The number of rotatable bonds is 1. The van der Waals surface area contributed by atoms with Gasteiger partial charge in [-0.15, -0.1) is 0 Å². The molecule has 0 unspecified atom stereocenters. The summed E-state index contributed by atoms with van der Waals surface area (Å²) < 4.78 is 0. The van der Waals surface area contributed by atoms with Crippen LogP contribution >= 0.6 is 12.6 Å². The van der Waals surface area contributed by atoms with E-state index in [9.17, 15) is 0 Å². The van der Waals surface area contributed by atoms with Crippen LogP contribution in [0.4, 0.5) is 0 Å². The van der Waals surface area contributed by atoms with Gasteiger partial charge in [-0.1, -0.05) is 24.0 Å². The summed E-state index contributed by atoms with van der Waals surface area (Å²) in [6, 6.07) is 5.78. The van der Waals surface area contributed by atoms with Crippen molar-refractivity contribution in [3.8, 4) is 11.8 Å². The summed E-state index contributed by atoms with van der Waals surface area (Å²) in [6.45, 7) is 2.07. The van der Waals surface area contributed by atoms with E-state index >= 15 is 0 Å². The van der Waals surface area contributed by atoms with E-state index in [2.05, 4.69) is 24.5 Å². The first-order valence-corrected chi connectivity index (χ1v) is 4.71. The molecule has 1 N–H and O–H groups in total. The highest BCUT2D eigenvalue weighted by Crippen LogP contribution is 2.09. The molecule has 1 aromatic rings. The third kappa shape index (κ3) is 2.80. The first-order chi connectivity index (χ1) is 6.27. The summed E-state index contributed by atoms with van der Waals surface area (Å²) in [7, 11) is 0. The van der Waals surface area contributed by atoms with Crippen LogP contribution in [0.25, 0.3) is 0 Å². The lowest BCUT2D eigenvalue weighted by atomic mass is 10.1. The molecule has 0 heterocycles. The fourth-order valence-electron chi connectivity index (χ4n) is 1.04. The predicted molar refractivity (Wildman–Crippen MR) is 57.8 cm³/mol. The number of aliphatic hydroxyl groups is 1. The molecular weight excluding hydrogens is 180 g/mol. The Morgan fingerprint density at radius 3 is 2.85 bits per heavy atom. The molecular formula is C11H12OS. The Morgan fingerprint density at radius 1 is 1.46 bits per heavy atom. The van der Waals surface area contributed by atoms with Crippen LogP contribution < -0.4 is 0 Å². The normalized spacial score (nSPS) is 9.15. The number of benzene rings is 1. The summed E-state index contributed by atoms with van der Waals surface area (Å²) in [5.41, 5.74) is 3.00. The summed E-state index contributed by atoms with van der Waals surface area (Å²) in [5.74, 6) is 6.45. The maximum absolute atomic E-state index is 8.92. The Labute approximate surface area is 84.2 Å². The van der Waals surface area contributed by atoms with Crippen molar-refractivity contribution in [3.05, 3.63) is 34.9 Å². The van der Waals surface area contributed by atoms with Crippen LogP contribution in [0.15, 0.2) is 18.2 Å². The van der Waals surface area contributed by atoms with Crippen LogP contribution in [0, 0.1) is 18.8 Å². The molecule has 0 aromatic heterocycles. The molecule has 0 aliphatic rings. The Morgan fingerprint density at radius 2 is 2.23 bits per heavy atom. The number of aliphatic hydroxyl groups excluding tert-OH is 1. The lowest BCUT2D eigenvalue weighted by Gasteiger charge is -2.00. The lowest BCUT2D eigenvalue weighted by Crippen LogP contribution is -1.88. The quantitative estimate of drug-likeness (QED) is 0.513. The van der Waals surface area contributed by atoms with E-state index in [4.69, 9.17) is 5.11 Å². The van der Waals surface area contributed by atoms with E-state index in [-0.39, 0.29) is 6.61 Å². The van der Waals surface area contributed by atoms with Crippen molar-refractivity contribution in [3.63, 3.8) is 0 Å². The standard InChI is InChI=1S/C11H12OS/c1-9-4-5-10(8-12)7-11(9)3-2-6-13/h4-5,7,12-13H,6,8H2,1H3. The minimum absolute atomic E-state index is 0.0653. The second-order valence-electron chi connectivity index (χ2n) is 2.77. The second kappa shape index (κ2) is 4.96. The Balaban J connectivity index is 3.04. The maximum Gasteiger partial charge on any atom is 0.0682 e. The van der Waals surface area contributed by atoms with E-state index in [1.807, 2.05) is 25.1 Å². The van der Waals surface area contributed by atoms with Crippen molar-refractivity contribution < 1.29 is 5.11 Å². The van der Waals surface area contributed by atoms with E-state index in [1.54, 1.807) is 0 Å². The molecule has 0 atom stereocenters. The minimum atomic E-state index is 0.0653. The maximum atomic E-state index is 8.92. The van der Waals surface area contributed by atoms with Gasteiger partial charge in [0.25, 0.3) is 0 Å². The monoisotopic (exact) mass is 192 g/mol. The molecule has 0 fully saturated rings. The Bertz CT molecular complexity index is 347. The molecule has 0 radical (unpaired) electrons. The molecule has 1 nitrogen and oxygen atoms in total. The van der Waals surface area contributed by atoms with Gasteiger partial charge in [0.1, 0.15) is 0 Å². The molecule has 1 aromatic carbocycles. The minimum Gasteiger partial charge on any atom is -0.392 e. The highest BCUT2D eigenvalue weighted by Gasteiger charge is 1.95. The van der Waals surface area contributed by atoms with Gasteiger partial charge in [-0.3, -0.25) is 0 Å². The van der Waals surface area contributed by atoms with Crippen LogP contribution in [0.5, 0.6) is 0 Å². The van der Waals surface area contributed by atoms with Gasteiger partial charge in [0.15, 0.2) is 0 Å². The van der Waals surface area contributed by atoms with Crippen molar-refractivity contribution in [2.75, 3.05) is 5.75 Å². The third-order valence-corrected chi connectivity index (χ3v) is 1.94. The molecule has 1 rings (SSSR count). The van der Waals surface area contributed by atoms with Crippen molar-refractivity contribution in [2.45, 2.75) is 13.5 Å². The SMILES string of the molecule is Cc1ccc(CO)cc1C#CCS. The first-order valence-electron chi connectivity index (χ1n) is 4.08. The molecule has 0 saturated carbocycles. The van der Waals surface area contributed by atoms with Crippen molar-refractivity contribution in [2.24, 2.45) is 0 Å². The van der Waals surface area contributed by atoms with Crippen molar-refractivity contribution in [1.82, 2.24) is 0 Å². The van der Waals surface area contributed by atoms with E-state index in [1.165, 1.54) is 0 Å². The number of hydrogen-bond acceptors (Lipinski definition) is 2. The lowest BCUT2D eigenvalue weighted by molar-refractivity contribution is 0.282. The zero-order chi connectivity index (χ0) is 9.68. The molecule has 0 amide bonds. The summed E-state index contributed by atoms with van der Waals surface area (Å²) in [6.07, 6.45) is 0. The van der Waals surface area contributed by atoms with Crippen LogP contribution in [0.1, 0.15) is 16.7 Å². The molecule has 68 valence electrons. The van der Waals surface area contributed by atoms with Gasteiger partial charge in [0.05, 0.1) is 12.4 Å². The zero-order valence-electron chi connectivity index (χ0n) is 7.54. The average molecular weight is 192 g/mol. The van der Waals surface area contributed by atoms with Gasteiger partial charge < -0.3 is 5.11 Å².